The van der Waals surface area contributed by atoms with Gasteiger partial charge >= 0.3 is 0 Å². The van der Waals surface area contributed by atoms with Gasteiger partial charge in [0.2, 0.25) is 0 Å². The van der Waals surface area contributed by atoms with Gasteiger partial charge < -0.3 is 5.73 Å². The minimum Gasteiger partial charge on any atom is -0.312 e. The van der Waals surface area contributed by atoms with Gasteiger partial charge in [-0.1, -0.05) is 30.3 Å². The van der Waals surface area contributed by atoms with Gasteiger partial charge in [0.15, 0.2) is 9.84 Å². The third-order valence-corrected chi connectivity index (χ3v) is 6.25. The molecule has 2 aromatic rings. The van der Waals surface area contributed by atoms with Crippen LogP contribution in [-0.2, 0) is 9.84 Å². The molecule has 0 spiro atoms. The van der Waals surface area contributed by atoms with E-state index in [0.717, 1.165) is 0 Å². The van der Waals surface area contributed by atoms with Crippen molar-refractivity contribution in [3.8, 4) is 6.07 Å². The van der Waals surface area contributed by atoms with Crippen LogP contribution in [0.3, 0.4) is 0 Å². The molecule has 0 saturated heterocycles. The quantitative estimate of drug-likeness (QED) is 0.938. The van der Waals surface area contributed by atoms with E-state index in [-0.39, 0.29) is 4.90 Å². The van der Waals surface area contributed by atoms with Crippen LogP contribution < -0.4 is 5.73 Å². The van der Waals surface area contributed by atoms with Crippen molar-refractivity contribution in [1.29, 1.82) is 5.26 Å². The lowest BCUT2D eigenvalue weighted by molar-refractivity contribution is 0.591. The second kappa shape index (κ2) is 4.90. The van der Waals surface area contributed by atoms with Gasteiger partial charge in [-0.05, 0) is 29.8 Å². The Morgan fingerprint density at radius 3 is 2.41 bits per heavy atom. The predicted molar refractivity (Wildman–Crippen MR) is 79.1 cm³/mol. The van der Waals surface area contributed by atoms with E-state index in [4.69, 9.17) is 5.73 Å². The first-order valence-corrected chi connectivity index (χ1v) is 8.20. The zero-order valence-electron chi connectivity index (χ0n) is 11.5. The zero-order chi connectivity index (χ0) is 16.0. The number of nitrogens with two attached hydrogens (primary N) is 1. The summed E-state index contributed by atoms with van der Waals surface area (Å²) in [6.07, 6.45) is 0. The Morgan fingerprint density at radius 1 is 1.14 bits per heavy atom. The Balaban J connectivity index is 2.06. The molecule has 3 atom stereocenters. The summed E-state index contributed by atoms with van der Waals surface area (Å²) < 4.78 is 38.8. The average Bonchev–Trinajstić information content (AvgIpc) is 3.16. The van der Waals surface area contributed by atoms with Gasteiger partial charge in [-0.15, -0.1) is 0 Å². The van der Waals surface area contributed by atoms with Gasteiger partial charge in [-0.25, -0.2) is 12.8 Å². The Hall–Kier alpha value is -2.23. The topological polar surface area (TPSA) is 83.9 Å². The summed E-state index contributed by atoms with van der Waals surface area (Å²) in [5, 5.41) is 8.24. The van der Waals surface area contributed by atoms with Crippen LogP contribution in [0.2, 0.25) is 0 Å². The van der Waals surface area contributed by atoms with Gasteiger partial charge in [0.1, 0.15) is 16.6 Å². The maximum absolute atomic E-state index is 13.4. The lowest BCUT2D eigenvalue weighted by Crippen LogP contribution is -2.29. The number of rotatable bonds is 3. The van der Waals surface area contributed by atoms with Crippen molar-refractivity contribution in [1.82, 2.24) is 0 Å². The molecule has 1 saturated carbocycles. The molecule has 0 bridgehead atoms. The van der Waals surface area contributed by atoms with E-state index in [2.05, 4.69) is 0 Å². The van der Waals surface area contributed by atoms with E-state index in [1.807, 2.05) is 6.07 Å². The summed E-state index contributed by atoms with van der Waals surface area (Å²) in [6.45, 7) is 0. The van der Waals surface area contributed by atoms with Crippen LogP contribution in [-0.4, -0.2) is 19.2 Å². The van der Waals surface area contributed by atoms with Crippen molar-refractivity contribution in [2.45, 2.75) is 21.6 Å². The highest BCUT2D eigenvalue weighted by Crippen LogP contribution is 2.55. The molecule has 0 unspecified atom stereocenters. The Labute approximate surface area is 127 Å². The molecule has 1 aliphatic rings. The Morgan fingerprint density at radius 2 is 1.82 bits per heavy atom. The zero-order valence-corrected chi connectivity index (χ0v) is 12.3. The summed E-state index contributed by atoms with van der Waals surface area (Å²) in [5.74, 6) is -1.22. The van der Waals surface area contributed by atoms with Crippen molar-refractivity contribution in [3.05, 3.63) is 66.0 Å². The molecular formula is C16H13FN2O2S. The van der Waals surface area contributed by atoms with E-state index in [1.54, 1.807) is 24.3 Å². The minimum absolute atomic E-state index is 0.115. The highest BCUT2D eigenvalue weighted by molar-refractivity contribution is 7.92. The molecule has 112 valence electrons. The highest BCUT2D eigenvalue weighted by Gasteiger charge is 2.70. The van der Waals surface area contributed by atoms with Crippen LogP contribution in [0.25, 0.3) is 0 Å². The van der Waals surface area contributed by atoms with Gasteiger partial charge in [0.05, 0.1) is 11.0 Å². The van der Waals surface area contributed by atoms with E-state index in [0.29, 0.717) is 5.56 Å². The van der Waals surface area contributed by atoms with Crippen LogP contribution in [0, 0.1) is 17.1 Å². The van der Waals surface area contributed by atoms with Crippen molar-refractivity contribution < 1.29 is 12.8 Å². The lowest BCUT2D eigenvalue weighted by Gasteiger charge is -2.04. The molecule has 3 rings (SSSR count). The molecule has 0 radical (unpaired) electrons. The third-order valence-electron chi connectivity index (χ3n) is 3.99. The standard InChI is InChI=1S/C16H13FN2O2S/c17-12-6-4-5-11(9-12)14-15(16(14,19)10-18)22(20,21)13-7-2-1-3-8-13/h1-9,14-15H,19H2/t14-,15-,16+/m0/s1. The maximum atomic E-state index is 13.4. The largest absolute Gasteiger partial charge is 0.312 e. The SMILES string of the molecule is N#C[C@@]1(N)[C@@H](c2cccc(F)c2)[C@@H]1S(=O)(=O)c1ccccc1. The Kier molecular flexibility index (Phi) is 3.28. The van der Waals surface area contributed by atoms with Crippen LogP contribution in [0.4, 0.5) is 4.39 Å². The molecule has 6 heteroatoms. The molecule has 2 N–H and O–H groups in total. The molecule has 0 amide bonds. The number of hydrogen-bond acceptors (Lipinski definition) is 4. The number of nitrogens with zero attached hydrogens (tertiary/aromatic N) is 1. The monoisotopic (exact) mass is 316 g/mol. The molecular weight excluding hydrogens is 303 g/mol. The highest BCUT2D eigenvalue weighted by atomic mass is 32.2. The molecule has 22 heavy (non-hydrogen) atoms. The van der Waals surface area contributed by atoms with Gasteiger partial charge in [0, 0.05) is 5.92 Å². The number of nitriles is 1. The Bertz CT molecular complexity index is 861. The summed E-state index contributed by atoms with van der Waals surface area (Å²) in [7, 11) is -3.77. The third kappa shape index (κ3) is 2.10. The first kappa shape index (κ1) is 14.7. The molecule has 0 aliphatic heterocycles. The fourth-order valence-corrected chi connectivity index (χ4v) is 5.06. The number of benzene rings is 2. The molecule has 0 aromatic heterocycles. The predicted octanol–water partition coefficient (Wildman–Crippen LogP) is 1.99. The number of halogens is 1. The second-order valence-electron chi connectivity index (χ2n) is 5.36. The van der Waals surface area contributed by atoms with Crippen LogP contribution in [0.5, 0.6) is 0 Å². The lowest BCUT2D eigenvalue weighted by atomic mass is 10.1. The van der Waals surface area contributed by atoms with E-state index < -0.39 is 32.4 Å². The molecule has 2 aromatic carbocycles. The summed E-state index contributed by atoms with van der Waals surface area (Å²) in [4.78, 5) is 0.115. The van der Waals surface area contributed by atoms with Gasteiger partial charge in [0.25, 0.3) is 0 Å². The maximum Gasteiger partial charge on any atom is 0.184 e. The van der Waals surface area contributed by atoms with Crippen molar-refractivity contribution in [2.24, 2.45) is 5.73 Å². The van der Waals surface area contributed by atoms with Gasteiger partial charge in [-0.2, -0.15) is 5.26 Å². The fraction of sp³-hybridized carbons (Fsp3) is 0.188. The van der Waals surface area contributed by atoms with Crippen LogP contribution in [0.15, 0.2) is 59.5 Å². The van der Waals surface area contributed by atoms with E-state index >= 15 is 0 Å². The summed E-state index contributed by atoms with van der Waals surface area (Å²) in [6, 6.07) is 15.3. The molecule has 0 heterocycles. The molecule has 4 nitrogen and oxygen atoms in total. The molecule has 1 fully saturated rings. The van der Waals surface area contributed by atoms with Crippen molar-refractivity contribution in [2.75, 3.05) is 0 Å². The minimum atomic E-state index is -3.77. The summed E-state index contributed by atoms with van der Waals surface area (Å²) >= 11 is 0. The average molecular weight is 316 g/mol. The van der Waals surface area contributed by atoms with Crippen molar-refractivity contribution >= 4 is 9.84 Å². The van der Waals surface area contributed by atoms with Crippen molar-refractivity contribution in [3.63, 3.8) is 0 Å². The fourth-order valence-electron chi connectivity index (χ4n) is 2.85. The first-order valence-electron chi connectivity index (χ1n) is 6.66. The smallest absolute Gasteiger partial charge is 0.184 e. The van der Waals surface area contributed by atoms with E-state index in [1.165, 1.54) is 30.3 Å². The number of hydrogen-bond donors (Lipinski definition) is 1. The van der Waals surface area contributed by atoms with E-state index in [9.17, 15) is 18.1 Å². The molecule has 1 aliphatic carbocycles. The van der Waals surface area contributed by atoms with Gasteiger partial charge in [-0.3, -0.25) is 0 Å². The summed E-state index contributed by atoms with van der Waals surface area (Å²) in [5.41, 5.74) is 4.86. The normalized spacial score (nSPS) is 27.1. The van der Waals surface area contributed by atoms with Crippen LogP contribution in [0.1, 0.15) is 11.5 Å². The van der Waals surface area contributed by atoms with Crippen LogP contribution >= 0.6 is 0 Å². The number of sulfone groups is 1. The first-order chi connectivity index (χ1) is 10.4. The second-order valence-corrected chi connectivity index (χ2v) is 7.43.